The lowest BCUT2D eigenvalue weighted by Crippen LogP contribution is -1.90. The molecule has 0 aliphatic heterocycles. The minimum atomic E-state index is -0.412. The first-order valence-electron chi connectivity index (χ1n) is 3.19. The zero-order valence-corrected chi connectivity index (χ0v) is 5.82. The van der Waals surface area contributed by atoms with E-state index in [-0.39, 0.29) is 0 Å². The molecular weight excluding hydrogens is 128 g/mol. The topological polar surface area (TPSA) is 33.4 Å². The lowest BCUT2D eigenvalue weighted by atomic mass is 10.3. The number of aliphatic hydroxyl groups is 1. The molecule has 1 atom stereocenters. The summed E-state index contributed by atoms with van der Waals surface area (Å²) in [4.78, 5) is 0. The van der Waals surface area contributed by atoms with E-state index in [0.717, 1.165) is 5.76 Å². The Labute approximate surface area is 59.8 Å². The van der Waals surface area contributed by atoms with Crippen LogP contribution >= 0.6 is 0 Å². The molecule has 0 amide bonds. The van der Waals surface area contributed by atoms with Crippen LogP contribution in [0.5, 0.6) is 0 Å². The minimum absolute atomic E-state index is 0.412. The van der Waals surface area contributed by atoms with Crippen LogP contribution in [0.4, 0.5) is 0 Å². The Hall–Kier alpha value is -1.02. The van der Waals surface area contributed by atoms with Crippen LogP contribution in [0.3, 0.4) is 0 Å². The van der Waals surface area contributed by atoms with E-state index in [1.807, 2.05) is 12.1 Å². The van der Waals surface area contributed by atoms with Gasteiger partial charge in [0.1, 0.15) is 5.76 Å². The summed E-state index contributed by atoms with van der Waals surface area (Å²) >= 11 is 0. The third kappa shape index (κ3) is 2.07. The Kier molecular flexibility index (Phi) is 2.29. The van der Waals surface area contributed by atoms with Gasteiger partial charge in [-0.2, -0.15) is 0 Å². The smallest absolute Gasteiger partial charge is 0.126 e. The Morgan fingerprint density at radius 1 is 1.70 bits per heavy atom. The second kappa shape index (κ2) is 3.22. The van der Waals surface area contributed by atoms with E-state index < -0.39 is 6.10 Å². The van der Waals surface area contributed by atoms with E-state index in [2.05, 4.69) is 0 Å². The van der Waals surface area contributed by atoms with Crippen LogP contribution in [0.15, 0.2) is 28.9 Å². The van der Waals surface area contributed by atoms with Gasteiger partial charge in [-0.25, -0.2) is 0 Å². The average molecular weight is 138 g/mol. The van der Waals surface area contributed by atoms with Gasteiger partial charge in [-0.15, -0.1) is 0 Å². The maximum absolute atomic E-state index is 8.82. The molecule has 0 unspecified atom stereocenters. The molecule has 0 saturated carbocycles. The average Bonchev–Trinajstić information content (AvgIpc) is 2.34. The second-order valence-electron chi connectivity index (χ2n) is 2.12. The number of aliphatic hydroxyl groups excluding tert-OH is 1. The zero-order valence-electron chi connectivity index (χ0n) is 5.82. The van der Waals surface area contributed by atoms with E-state index in [1.165, 1.54) is 0 Å². The first kappa shape index (κ1) is 7.09. The van der Waals surface area contributed by atoms with Crippen LogP contribution in [0.1, 0.15) is 12.7 Å². The summed E-state index contributed by atoms with van der Waals surface area (Å²) in [5.41, 5.74) is 0. The van der Waals surface area contributed by atoms with Gasteiger partial charge >= 0.3 is 0 Å². The maximum atomic E-state index is 8.82. The van der Waals surface area contributed by atoms with Gasteiger partial charge < -0.3 is 9.52 Å². The fraction of sp³-hybridized carbons (Fsp3) is 0.250. The molecule has 0 bridgehead atoms. The molecule has 1 rings (SSSR count). The molecular formula is C8H10O2. The van der Waals surface area contributed by atoms with Crippen LogP contribution in [0.25, 0.3) is 6.08 Å². The monoisotopic (exact) mass is 138 g/mol. The third-order valence-electron chi connectivity index (χ3n) is 1.08. The van der Waals surface area contributed by atoms with Crippen molar-refractivity contribution in [3.63, 3.8) is 0 Å². The second-order valence-corrected chi connectivity index (χ2v) is 2.12. The number of hydrogen-bond donors (Lipinski definition) is 1. The molecule has 1 aromatic rings. The molecule has 0 aliphatic rings. The van der Waals surface area contributed by atoms with E-state index >= 15 is 0 Å². The van der Waals surface area contributed by atoms with Crippen molar-refractivity contribution in [2.75, 3.05) is 0 Å². The Balaban J connectivity index is 2.55. The summed E-state index contributed by atoms with van der Waals surface area (Å²) in [6.07, 6.45) is 4.59. The molecule has 1 aromatic heterocycles. The molecule has 0 aromatic carbocycles. The Bertz CT molecular complexity index is 197. The van der Waals surface area contributed by atoms with Gasteiger partial charge in [-0.1, -0.05) is 6.08 Å². The van der Waals surface area contributed by atoms with Crippen molar-refractivity contribution in [2.45, 2.75) is 13.0 Å². The number of rotatable bonds is 2. The molecule has 0 radical (unpaired) electrons. The molecule has 0 spiro atoms. The van der Waals surface area contributed by atoms with Crippen LogP contribution in [0.2, 0.25) is 0 Å². The van der Waals surface area contributed by atoms with Gasteiger partial charge in [0.25, 0.3) is 0 Å². The van der Waals surface area contributed by atoms with Gasteiger partial charge in [-0.3, -0.25) is 0 Å². The van der Waals surface area contributed by atoms with Crippen molar-refractivity contribution in [2.24, 2.45) is 0 Å². The summed E-state index contributed by atoms with van der Waals surface area (Å²) in [7, 11) is 0. The SMILES string of the molecule is C[C@H](O)/C=C/c1ccco1. The van der Waals surface area contributed by atoms with E-state index in [0.29, 0.717) is 0 Å². The van der Waals surface area contributed by atoms with Gasteiger partial charge in [0, 0.05) is 0 Å². The highest BCUT2D eigenvalue weighted by Crippen LogP contribution is 2.02. The fourth-order valence-corrected chi connectivity index (χ4v) is 0.620. The summed E-state index contributed by atoms with van der Waals surface area (Å²) in [5.74, 6) is 0.765. The number of hydrogen-bond acceptors (Lipinski definition) is 2. The fourth-order valence-electron chi connectivity index (χ4n) is 0.620. The predicted octanol–water partition coefficient (Wildman–Crippen LogP) is 1.67. The summed E-state index contributed by atoms with van der Waals surface area (Å²) in [6, 6.07) is 3.64. The summed E-state index contributed by atoms with van der Waals surface area (Å²) < 4.78 is 4.99. The molecule has 2 nitrogen and oxygen atoms in total. The summed E-state index contributed by atoms with van der Waals surface area (Å²) in [5, 5.41) is 8.82. The van der Waals surface area contributed by atoms with Crippen LogP contribution in [0, 0.1) is 0 Å². The molecule has 1 N–H and O–H groups in total. The van der Waals surface area contributed by atoms with Gasteiger partial charge in [0.15, 0.2) is 0 Å². The predicted molar refractivity (Wildman–Crippen MR) is 39.4 cm³/mol. The zero-order chi connectivity index (χ0) is 7.40. The highest BCUT2D eigenvalue weighted by molar-refractivity contribution is 5.42. The van der Waals surface area contributed by atoms with Crippen LogP contribution in [-0.2, 0) is 0 Å². The molecule has 2 heteroatoms. The van der Waals surface area contributed by atoms with Gasteiger partial charge in [0.2, 0.25) is 0 Å². The first-order chi connectivity index (χ1) is 4.79. The van der Waals surface area contributed by atoms with E-state index in [4.69, 9.17) is 9.52 Å². The van der Waals surface area contributed by atoms with Crippen LogP contribution in [-0.4, -0.2) is 11.2 Å². The van der Waals surface area contributed by atoms with Gasteiger partial charge in [-0.05, 0) is 25.1 Å². The van der Waals surface area contributed by atoms with E-state index in [9.17, 15) is 0 Å². The maximum Gasteiger partial charge on any atom is 0.126 e. The highest BCUT2D eigenvalue weighted by Gasteiger charge is 1.88. The lowest BCUT2D eigenvalue weighted by molar-refractivity contribution is 0.245. The number of furan rings is 1. The Morgan fingerprint density at radius 2 is 2.50 bits per heavy atom. The molecule has 1 heterocycles. The van der Waals surface area contributed by atoms with Crippen molar-refractivity contribution < 1.29 is 9.52 Å². The van der Waals surface area contributed by atoms with Crippen molar-refractivity contribution in [1.29, 1.82) is 0 Å². The lowest BCUT2D eigenvalue weighted by Gasteiger charge is -1.90. The molecule has 54 valence electrons. The van der Waals surface area contributed by atoms with Crippen LogP contribution < -0.4 is 0 Å². The standard InChI is InChI=1S/C8H10O2/c1-7(9)4-5-8-3-2-6-10-8/h2-7,9H,1H3/b5-4+/t7-/m0/s1. The van der Waals surface area contributed by atoms with E-state index in [1.54, 1.807) is 25.3 Å². The largest absolute Gasteiger partial charge is 0.465 e. The van der Waals surface area contributed by atoms with Crippen molar-refractivity contribution >= 4 is 6.08 Å². The minimum Gasteiger partial charge on any atom is -0.465 e. The van der Waals surface area contributed by atoms with Crippen molar-refractivity contribution in [3.8, 4) is 0 Å². The highest BCUT2D eigenvalue weighted by atomic mass is 16.3. The quantitative estimate of drug-likeness (QED) is 0.674. The summed E-state index contributed by atoms with van der Waals surface area (Å²) in [6.45, 7) is 1.69. The van der Waals surface area contributed by atoms with Gasteiger partial charge in [0.05, 0.1) is 12.4 Å². The molecule has 0 aliphatic carbocycles. The first-order valence-corrected chi connectivity index (χ1v) is 3.19. The molecule has 10 heavy (non-hydrogen) atoms. The molecule has 0 saturated heterocycles. The molecule has 0 fully saturated rings. The Morgan fingerprint density at radius 3 is 3.00 bits per heavy atom. The normalized spacial score (nSPS) is 14.2. The van der Waals surface area contributed by atoms with Crippen molar-refractivity contribution in [3.05, 3.63) is 30.2 Å². The third-order valence-corrected chi connectivity index (χ3v) is 1.08. The van der Waals surface area contributed by atoms with Crippen molar-refractivity contribution in [1.82, 2.24) is 0 Å².